The number of carbonyl (C=O) groups excluding carboxylic acids is 1. The van der Waals surface area contributed by atoms with E-state index >= 15 is 0 Å². The van der Waals surface area contributed by atoms with Gasteiger partial charge in [-0.05, 0) is 52.7 Å². The molecule has 2 aromatic rings. The minimum Gasteiger partial charge on any atom is -0.497 e. The van der Waals surface area contributed by atoms with Crippen LogP contribution in [0.5, 0.6) is 5.75 Å². The van der Waals surface area contributed by atoms with Gasteiger partial charge < -0.3 is 10.1 Å². The van der Waals surface area contributed by atoms with Crippen molar-refractivity contribution in [3.63, 3.8) is 0 Å². The zero-order valence-corrected chi connectivity index (χ0v) is 12.9. The van der Waals surface area contributed by atoms with Crippen LogP contribution in [0.1, 0.15) is 15.9 Å². The monoisotopic (exact) mass is 355 g/mol. The zero-order chi connectivity index (χ0) is 15.6. The Balaban J connectivity index is 2.28. The highest BCUT2D eigenvalue weighted by Crippen LogP contribution is 2.25. The van der Waals surface area contributed by atoms with E-state index in [9.17, 15) is 13.6 Å². The van der Waals surface area contributed by atoms with Crippen LogP contribution >= 0.6 is 15.9 Å². The van der Waals surface area contributed by atoms with E-state index < -0.39 is 17.5 Å². The van der Waals surface area contributed by atoms with Crippen molar-refractivity contribution in [1.29, 1.82) is 0 Å². The Morgan fingerprint density at radius 2 is 1.90 bits per heavy atom. The molecule has 0 aliphatic heterocycles. The summed E-state index contributed by atoms with van der Waals surface area (Å²) in [6.45, 7) is 1.71. The third-order valence-electron chi connectivity index (χ3n) is 2.94. The molecule has 1 amide bonds. The van der Waals surface area contributed by atoms with Gasteiger partial charge >= 0.3 is 0 Å². The first-order valence-corrected chi connectivity index (χ1v) is 6.82. The zero-order valence-electron chi connectivity index (χ0n) is 11.3. The molecular weight excluding hydrogens is 344 g/mol. The first-order chi connectivity index (χ1) is 9.92. The van der Waals surface area contributed by atoms with Crippen LogP contribution in [0.25, 0.3) is 0 Å². The largest absolute Gasteiger partial charge is 0.497 e. The van der Waals surface area contributed by atoms with E-state index in [1.165, 1.54) is 31.4 Å². The smallest absolute Gasteiger partial charge is 0.258 e. The number of rotatable bonds is 3. The Hall–Kier alpha value is -1.95. The van der Waals surface area contributed by atoms with E-state index in [1.807, 2.05) is 0 Å². The molecular formula is C15H12BrF2NO2. The van der Waals surface area contributed by atoms with Crippen LogP contribution in [0, 0.1) is 18.6 Å². The lowest BCUT2D eigenvalue weighted by Crippen LogP contribution is -2.14. The molecule has 21 heavy (non-hydrogen) atoms. The van der Waals surface area contributed by atoms with Crippen molar-refractivity contribution >= 4 is 27.5 Å². The molecule has 0 saturated heterocycles. The second-order valence-electron chi connectivity index (χ2n) is 4.38. The predicted molar refractivity (Wildman–Crippen MR) is 79.7 cm³/mol. The van der Waals surface area contributed by atoms with E-state index in [-0.39, 0.29) is 11.3 Å². The van der Waals surface area contributed by atoms with Crippen molar-refractivity contribution < 1.29 is 18.3 Å². The van der Waals surface area contributed by atoms with Crippen LogP contribution in [0.2, 0.25) is 0 Å². The topological polar surface area (TPSA) is 38.3 Å². The normalized spacial score (nSPS) is 10.3. The third-order valence-corrected chi connectivity index (χ3v) is 3.54. The number of hydrogen-bond donors (Lipinski definition) is 1. The number of ether oxygens (including phenoxy) is 1. The number of methoxy groups -OCH3 is 1. The number of benzene rings is 2. The maximum Gasteiger partial charge on any atom is 0.258 e. The lowest BCUT2D eigenvalue weighted by atomic mass is 10.1. The summed E-state index contributed by atoms with van der Waals surface area (Å²) in [6, 6.07) is 6.62. The number of anilines is 1. The van der Waals surface area contributed by atoms with Gasteiger partial charge in [-0.15, -0.1) is 0 Å². The molecule has 0 fully saturated rings. The second-order valence-corrected chi connectivity index (χ2v) is 5.24. The van der Waals surface area contributed by atoms with E-state index in [0.717, 1.165) is 6.07 Å². The number of hydrogen-bond acceptors (Lipinski definition) is 2. The Morgan fingerprint density at radius 1 is 1.19 bits per heavy atom. The molecule has 0 saturated carbocycles. The molecule has 0 radical (unpaired) electrons. The SMILES string of the molecule is COc1ccc(C(=O)Nc2cc(F)c(Br)cc2C)c(F)c1. The van der Waals surface area contributed by atoms with Gasteiger partial charge in [0.15, 0.2) is 0 Å². The van der Waals surface area contributed by atoms with Gasteiger partial charge in [-0.25, -0.2) is 8.78 Å². The minimum atomic E-state index is -0.706. The maximum absolute atomic E-state index is 13.8. The van der Waals surface area contributed by atoms with Gasteiger partial charge in [-0.1, -0.05) is 0 Å². The first kappa shape index (κ1) is 15.4. The second kappa shape index (κ2) is 6.22. The molecule has 0 bridgehead atoms. The van der Waals surface area contributed by atoms with Gasteiger partial charge in [0.05, 0.1) is 17.1 Å². The summed E-state index contributed by atoms with van der Waals surface area (Å²) in [6.07, 6.45) is 0. The highest BCUT2D eigenvalue weighted by atomic mass is 79.9. The van der Waals surface area contributed by atoms with Crippen LogP contribution < -0.4 is 10.1 Å². The van der Waals surface area contributed by atoms with Crippen molar-refractivity contribution in [2.45, 2.75) is 6.92 Å². The highest BCUT2D eigenvalue weighted by molar-refractivity contribution is 9.10. The molecule has 0 spiro atoms. The molecule has 6 heteroatoms. The summed E-state index contributed by atoms with van der Waals surface area (Å²) in [4.78, 5) is 12.1. The highest BCUT2D eigenvalue weighted by Gasteiger charge is 2.15. The Kier molecular flexibility index (Phi) is 4.57. The summed E-state index contributed by atoms with van der Waals surface area (Å²) < 4.78 is 32.5. The Labute approximate surface area is 129 Å². The van der Waals surface area contributed by atoms with E-state index in [0.29, 0.717) is 15.8 Å². The standard InChI is InChI=1S/C15H12BrF2NO2/c1-8-5-11(16)13(18)7-14(8)19-15(20)10-4-3-9(21-2)6-12(10)17/h3-7H,1-2H3,(H,19,20). The molecule has 110 valence electrons. The summed E-state index contributed by atoms with van der Waals surface area (Å²) in [7, 11) is 1.41. The van der Waals surface area contributed by atoms with Gasteiger partial charge in [0.1, 0.15) is 17.4 Å². The Morgan fingerprint density at radius 3 is 2.52 bits per heavy atom. The van der Waals surface area contributed by atoms with Gasteiger partial charge in [0.2, 0.25) is 0 Å². The third kappa shape index (κ3) is 3.39. The average Bonchev–Trinajstić information content (AvgIpc) is 2.44. The average molecular weight is 356 g/mol. The molecule has 0 aliphatic rings. The van der Waals surface area contributed by atoms with Crippen molar-refractivity contribution in [2.75, 3.05) is 12.4 Å². The van der Waals surface area contributed by atoms with Crippen LogP contribution in [-0.4, -0.2) is 13.0 Å². The molecule has 2 rings (SSSR count). The summed E-state index contributed by atoms with van der Waals surface area (Å²) in [5.41, 5.74) is 0.806. The fraction of sp³-hybridized carbons (Fsp3) is 0.133. The van der Waals surface area contributed by atoms with Crippen LogP contribution in [0.4, 0.5) is 14.5 Å². The van der Waals surface area contributed by atoms with Crippen molar-refractivity contribution in [3.8, 4) is 5.75 Å². The van der Waals surface area contributed by atoms with Crippen molar-refractivity contribution in [1.82, 2.24) is 0 Å². The molecule has 1 N–H and O–H groups in total. The molecule has 2 aromatic carbocycles. The molecule has 0 heterocycles. The quantitative estimate of drug-likeness (QED) is 0.891. The molecule has 0 aromatic heterocycles. The van der Waals surface area contributed by atoms with Crippen LogP contribution in [-0.2, 0) is 0 Å². The molecule has 0 unspecified atom stereocenters. The number of nitrogens with one attached hydrogen (secondary N) is 1. The summed E-state index contributed by atoms with van der Waals surface area (Å²) >= 11 is 3.06. The fourth-order valence-corrected chi connectivity index (χ4v) is 2.24. The maximum atomic E-state index is 13.8. The number of aryl methyl sites for hydroxylation is 1. The lowest BCUT2D eigenvalue weighted by Gasteiger charge is -2.10. The Bertz CT molecular complexity index is 704. The minimum absolute atomic E-state index is 0.140. The number of amides is 1. The van der Waals surface area contributed by atoms with Crippen molar-refractivity contribution in [3.05, 3.63) is 57.6 Å². The van der Waals surface area contributed by atoms with Gasteiger partial charge in [0, 0.05) is 11.8 Å². The molecule has 0 atom stereocenters. The lowest BCUT2D eigenvalue weighted by molar-refractivity contribution is 0.102. The fourth-order valence-electron chi connectivity index (χ4n) is 1.78. The van der Waals surface area contributed by atoms with Crippen LogP contribution in [0.3, 0.4) is 0 Å². The van der Waals surface area contributed by atoms with E-state index in [4.69, 9.17) is 4.74 Å². The van der Waals surface area contributed by atoms with Gasteiger partial charge in [-0.2, -0.15) is 0 Å². The summed E-state index contributed by atoms with van der Waals surface area (Å²) in [5, 5.41) is 2.49. The predicted octanol–water partition coefficient (Wildman–Crippen LogP) is 4.30. The van der Waals surface area contributed by atoms with E-state index in [2.05, 4.69) is 21.2 Å². The van der Waals surface area contributed by atoms with Crippen molar-refractivity contribution in [2.24, 2.45) is 0 Å². The van der Waals surface area contributed by atoms with Gasteiger partial charge in [-0.3, -0.25) is 4.79 Å². The molecule has 3 nitrogen and oxygen atoms in total. The van der Waals surface area contributed by atoms with Crippen LogP contribution in [0.15, 0.2) is 34.8 Å². The van der Waals surface area contributed by atoms with E-state index in [1.54, 1.807) is 6.92 Å². The summed E-state index contributed by atoms with van der Waals surface area (Å²) in [5.74, 6) is -1.55. The number of carbonyl (C=O) groups is 1. The number of halogens is 3. The molecule has 0 aliphatic carbocycles. The first-order valence-electron chi connectivity index (χ1n) is 6.03. The van der Waals surface area contributed by atoms with Gasteiger partial charge in [0.25, 0.3) is 5.91 Å².